The largest absolute Gasteiger partial charge is 0.355 e. The number of aliphatic imine (C=N–C) groups is 1. The van der Waals surface area contributed by atoms with E-state index in [2.05, 4.69) is 15.6 Å². The monoisotopic (exact) mass is 336 g/mol. The first-order valence-electron chi connectivity index (χ1n) is 7.57. The maximum absolute atomic E-state index is 12.1. The standard InChI is InChI=1S/C13H28N4O2S2/c1-4-17(5-2)21(18,19)10-8-15-13(14-3)16-11-12-7-6-9-20-12/h12H,4-11H2,1-3H3,(H2,14,15,16). The van der Waals surface area contributed by atoms with Gasteiger partial charge in [0, 0.05) is 38.5 Å². The lowest BCUT2D eigenvalue weighted by atomic mass is 10.2. The van der Waals surface area contributed by atoms with Crippen molar-refractivity contribution in [3.8, 4) is 0 Å². The molecule has 0 bridgehead atoms. The summed E-state index contributed by atoms with van der Waals surface area (Å²) in [5.41, 5.74) is 0. The number of guanidine groups is 1. The molecule has 0 aliphatic carbocycles. The lowest BCUT2D eigenvalue weighted by molar-refractivity contribution is 0.445. The highest BCUT2D eigenvalue weighted by atomic mass is 32.2. The second-order valence-corrected chi connectivity index (χ2v) is 8.41. The predicted octanol–water partition coefficient (Wildman–Crippen LogP) is 0.719. The Hall–Kier alpha value is -0.470. The van der Waals surface area contributed by atoms with Gasteiger partial charge < -0.3 is 10.6 Å². The van der Waals surface area contributed by atoms with Crippen LogP contribution in [0.25, 0.3) is 0 Å². The summed E-state index contributed by atoms with van der Waals surface area (Å²) >= 11 is 1.98. The smallest absolute Gasteiger partial charge is 0.215 e. The third-order valence-corrected chi connectivity index (χ3v) is 6.92. The van der Waals surface area contributed by atoms with Crippen LogP contribution in [-0.2, 0) is 10.0 Å². The molecular weight excluding hydrogens is 308 g/mol. The van der Waals surface area contributed by atoms with Crippen LogP contribution in [0.3, 0.4) is 0 Å². The third kappa shape index (κ3) is 6.44. The van der Waals surface area contributed by atoms with Gasteiger partial charge in [-0.2, -0.15) is 11.8 Å². The van der Waals surface area contributed by atoms with Crippen LogP contribution in [-0.4, -0.2) is 68.7 Å². The van der Waals surface area contributed by atoms with E-state index in [1.54, 1.807) is 7.05 Å². The Balaban J connectivity index is 2.31. The Kier molecular flexibility index (Phi) is 8.43. The van der Waals surface area contributed by atoms with E-state index >= 15 is 0 Å². The van der Waals surface area contributed by atoms with Crippen LogP contribution in [0.2, 0.25) is 0 Å². The molecule has 0 aromatic rings. The minimum atomic E-state index is -3.17. The van der Waals surface area contributed by atoms with E-state index in [0.717, 1.165) is 6.54 Å². The molecule has 0 amide bonds. The molecule has 21 heavy (non-hydrogen) atoms. The molecule has 1 atom stereocenters. The van der Waals surface area contributed by atoms with Crippen LogP contribution in [0.4, 0.5) is 0 Å². The summed E-state index contributed by atoms with van der Waals surface area (Å²) < 4.78 is 25.6. The van der Waals surface area contributed by atoms with Crippen molar-refractivity contribution in [1.82, 2.24) is 14.9 Å². The molecule has 0 radical (unpaired) electrons. The van der Waals surface area contributed by atoms with Gasteiger partial charge in [-0.3, -0.25) is 4.99 Å². The molecule has 1 aliphatic heterocycles. The maximum atomic E-state index is 12.1. The molecule has 0 aromatic carbocycles. The first-order chi connectivity index (χ1) is 10.0. The fourth-order valence-electron chi connectivity index (χ4n) is 2.28. The molecule has 2 N–H and O–H groups in total. The number of rotatable bonds is 8. The minimum absolute atomic E-state index is 0.0908. The van der Waals surface area contributed by atoms with Crippen molar-refractivity contribution in [1.29, 1.82) is 0 Å². The van der Waals surface area contributed by atoms with Gasteiger partial charge in [0.05, 0.1) is 5.75 Å². The molecule has 1 fully saturated rings. The lowest BCUT2D eigenvalue weighted by Gasteiger charge is -2.19. The van der Waals surface area contributed by atoms with Crippen molar-refractivity contribution in [2.75, 3.05) is 44.7 Å². The average molecular weight is 337 g/mol. The highest BCUT2D eigenvalue weighted by Crippen LogP contribution is 2.25. The Morgan fingerprint density at radius 1 is 1.33 bits per heavy atom. The molecule has 0 saturated carbocycles. The van der Waals surface area contributed by atoms with Gasteiger partial charge in [0.2, 0.25) is 10.0 Å². The molecular formula is C13H28N4O2S2. The Morgan fingerprint density at radius 3 is 2.57 bits per heavy atom. The van der Waals surface area contributed by atoms with Gasteiger partial charge in [-0.25, -0.2) is 12.7 Å². The van der Waals surface area contributed by atoms with Gasteiger partial charge >= 0.3 is 0 Å². The molecule has 6 nitrogen and oxygen atoms in total. The summed E-state index contributed by atoms with van der Waals surface area (Å²) in [6.07, 6.45) is 2.52. The number of hydrogen-bond acceptors (Lipinski definition) is 4. The van der Waals surface area contributed by atoms with Crippen molar-refractivity contribution >= 4 is 27.7 Å². The van der Waals surface area contributed by atoms with Crippen LogP contribution in [0, 0.1) is 0 Å². The number of nitrogens with zero attached hydrogens (tertiary/aromatic N) is 2. The van der Waals surface area contributed by atoms with Crippen molar-refractivity contribution < 1.29 is 8.42 Å². The van der Waals surface area contributed by atoms with Crippen molar-refractivity contribution in [2.24, 2.45) is 4.99 Å². The third-order valence-electron chi connectivity index (χ3n) is 3.50. The molecule has 1 unspecified atom stereocenters. The number of hydrogen-bond donors (Lipinski definition) is 2. The average Bonchev–Trinajstić information content (AvgIpc) is 2.96. The highest BCUT2D eigenvalue weighted by molar-refractivity contribution is 8.00. The second kappa shape index (κ2) is 9.53. The lowest BCUT2D eigenvalue weighted by Crippen LogP contribution is -2.43. The van der Waals surface area contributed by atoms with E-state index in [9.17, 15) is 8.42 Å². The molecule has 1 aliphatic rings. The molecule has 8 heteroatoms. The van der Waals surface area contributed by atoms with E-state index in [-0.39, 0.29) is 5.75 Å². The zero-order chi connectivity index (χ0) is 15.7. The maximum Gasteiger partial charge on any atom is 0.215 e. The highest BCUT2D eigenvalue weighted by Gasteiger charge is 2.19. The van der Waals surface area contributed by atoms with E-state index < -0.39 is 10.0 Å². The van der Waals surface area contributed by atoms with E-state index in [1.165, 1.54) is 22.9 Å². The molecule has 0 aromatic heterocycles. The first kappa shape index (κ1) is 18.6. The predicted molar refractivity (Wildman–Crippen MR) is 91.6 cm³/mol. The van der Waals surface area contributed by atoms with Gasteiger partial charge in [0.15, 0.2) is 5.96 Å². The topological polar surface area (TPSA) is 73.8 Å². The Morgan fingerprint density at radius 2 is 2.05 bits per heavy atom. The van der Waals surface area contributed by atoms with Crippen molar-refractivity contribution in [2.45, 2.75) is 31.9 Å². The van der Waals surface area contributed by atoms with E-state index in [0.29, 0.717) is 30.8 Å². The van der Waals surface area contributed by atoms with Gasteiger partial charge in [0.1, 0.15) is 0 Å². The summed E-state index contributed by atoms with van der Waals surface area (Å²) in [6, 6.07) is 0. The first-order valence-corrected chi connectivity index (χ1v) is 10.2. The zero-order valence-electron chi connectivity index (χ0n) is 13.3. The van der Waals surface area contributed by atoms with E-state index in [4.69, 9.17) is 0 Å². The van der Waals surface area contributed by atoms with E-state index in [1.807, 2.05) is 25.6 Å². The van der Waals surface area contributed by atoms with Crippen LogP contribution >= 0.6 is 11.8 Å². The summed E-state index contributed by atoms with van der Waals surface area (Å²) in [7, 11) is -1.47. The van der Waals surface area contributed by atoms with Crippen LogP contribution in [0.1, 0.15) is 26.7 Å². The number of sulfonamides is 1. The van der Waals surface area contributed by atoms with Crippen molar-refractivity contribution in [3.05, 3.63) is 0 Å². The Bertz CT molecular complexity index is 416. The SMILES string of the molecule is CCN(CC)S(=O)(=O)CCNC(=NC)NCC1CCCS1. The number of thioether (sulfide) groups is 1. The Labute approximate surface area is 133 Å². The van der Waals surface area contributed by atoms with Gasteiger partial charge in [-0.15, -0.1) is 0 Å². The summed E-state index contributed by atoms with van der Waals surface area (Å²) in [4.78, 5) is 4.13. The van der Waals surface area contributed by atoms with Crippen molar-refractivity contribution in [3.63, 3.8) is 0 Å². The summed E-state index contributed by atoms with van der Waals surface area (Å²) in [5, 5.41) is 6.98. The minimum Gasteiger partial charge on any atom is -0.355 e. The molecule has 1 heterocycles. The molecule has 1 rings (SSSR count). The normalized spacial score (nSPS) is 20.0. The van der Waals surface area contributed by atoms with Crippen LogP contribution < -0.4 is 10.6 Å². The molecule has 1 saturated heterocycles. The quantitative estimate of drug-likeness (QED) is 0.505. The zero-order valence-corrected chi connectivity index (χ0v) is 14.9. The van der Waals surface area contributed by atoms with Gasteiger partial charge in [-0.1, -0.05) is 13.8 Å². The van der Waals surface area contributed by atoms with Gasteiger partial charge in [-0.05, 0) is 18.6 Å². The fraction of sp³-hybridized carbons (Fsp3) is 0.923. The summed E-state index contributed by atoms with van der Waals surface area (Å²) in [5.74, 6) is 2.01. The van der Waals surface area contributed by atoms with Gasteiger partial charge in [0.25, 0.3) is 0 Å². The van der Waals surface area contributed by atoms with Crippen LogP contribution in [0.5, 0.6) is 0 Å². The molecule has 124 valence electrons. The second-order valence-electron chi connectivity index (χ2n) is 4.92. The number of nitrogens with one attached hydrogen (secondary N) is 2. The fourth-order valence-corrected chi connectivity index (χ4v) is 4.89. The summed E-state index contributed by atoms with van der Waals surface area (Å²) in [6.45, 7) is 6.00. The molecule has 0 spiro atoms. The van der Waals surface area contributed by atoms with Crippen LogP contribution in [0.15, 0.2) is 4.99 Å².